The molecule has 0 bridgehead atoms. The molecule has 2 heterocycles. The van der Waals surface area contributed by atoms with Gasteiger partial charge in [0, 0.05) is 6.20 Å². The molecule has 0 unspecified atom stereocenters. The van der Waals surface area contributed by atoms with Gasteiger partial charge in [0.05, 0.1) is 11.9 Å². The van der Waals surface area contributed by atoms with Crippen molar-refractivity contribution in [1.82, 2.24) is 25.2 Å². The van der Waals surface area contributed by atoms with Crippen molar-refractivity contribution in [2.45, 2.75) is 10.9 Å². The van der Waals surface area contributed by atoms with Crippen molar-refractivity contribution in [2.24, 2.45) is 0 Å². The van der Waals surface area contributed by atoms with Crippen LogP contribution in [-0.2, 0) is 16.1 Å². The van der Waals surface area contributed by atoms with E-state index < -0.39 is 5.97 Å². The van der Waals surface area contributed by atoms with E-state index >= 15 is 0 Å². The summed E-state index contributed by atoms with van der Waals surface area (Å²) in [5, 5.41) is 26.1. The molecule has 0 radical (unpaired) electrons. The molecule has 19 heavy (non-hydrogen) atoms. The van der Waals surface area contributed by atoms with Gasteiger partial charge in [-0.3, -0.25) is 14.9 Å². The second-order valence-electron chi connectivity index (χ2n) is 3.20. The first-order valence-electron chi connectivity index (χ1n) is 4.95. The summed E-state index contributed by atoms with van der Waals surface area (Å²) in [7, 11) is 0. The van der Waals surface area contributed by atoms with Crippen LogP contribution in [0, 0.1) is 0 Å². The zero-order valence-electron chi connectivity index (χ0n) is 9.39. The Morgan fingerprint density at radius 1 is 1.47 bits per heavy atom. The maximum absolute atomic E-state index is 11.6. The second kappa shape index (κ2) is 6.24. The van der Waals surface area contributed by atoms with E-state index in [1.54, 1.807) is 6.20 Å². The highest BCUT2D eigenvalue weighted by Gasteiger charge is 2.10. The number of carboxylic acids is 1. The van der Waals surface area contributed by atoms with Crippen molar-refractivity contribution < 1.29 is 14.7 Å². The zero-order chi connectivity index (χ0) is 13.7. The maximum atomic E-state index is 11.6. The quantitative estimate of drug-likeness (QED) is 0.562. The Morgan fingerprint density at radius 3 is 3.00 bits per heavy atom. The fourth-order valence-corrected chi connectivity index (χ4v) is 2.55. The van der Waals surface area contributed by atoms with Crippen LogP contribution >= 0.6 is 23.1 Å². The summed E-state index contributed by atoms with van der Waals surface area (Å²) >= 11 is 2.16. The molecule has 0 saturated heterocycles. The molecule has 11 heteroatoms. The van der Waals surface area contributed by atoms with Gasteiger partial charge in [0.2, 0.25) is 11.0 Å². The molecule has 0 aliphatic carbocycles. The van der Waals surface area contributed by atoms with Crippen molar-refractivity contribution in [3.63, 3.8) is 0 Å². The summed E-state index contributed by atoms with van der Waals surface area (Å²) in [6.07, 6.45) is 3.03. The largest absolute Gasteiger partial charge is 0.481 e. The molecule has 0 fully saturated rings. The van der Waals surface area contributed by atoms with E-state index in [9.17, 15) is 9.59 Å². The number of carbonyl (C=O) groups excluding carboxylic acids is 1. The molecule has 0 spiro atoms. The topological polar surface area (TPSA) is 123 Å². The molecule has 2 aromatic rings. The van der Waals surface area contributed by atoms with Crippen LogP contribution in [0.25, 0.3) is 0 Å². The summed E-state index contributed by atoms with van der Waals surface area (Å²) in [4.78, 5) is 22.0. The van der Waals surface area contributed by atoms with Crippen LogP contribution in [0.2, 0.25) is 0 Å². The number of carboxylic acid groups (broad SMARTS) is 1. The van der Waals surface area contributed by atoms with Crippen LogP contribution in [-0.4, -0.2) is 47.9 Å². The molecule has 2 rings (SSSR count). The lowest BCUT2D eigenvalue weighted by Gasteiger charge is -1.99. The number of rotatable bonds is 6. The van der Waals surface area contributed by atoms with Gasteiger partial charge >= 0.3 is 5.97 Å². The monoisotopic (exact) mass is 300 g/mol. The van der Waals surface area contributed by atoms with Crippen molar-refractivity contribution in [3.05, 3.63) is 12.4 Å². The SMILES string of the molecule is O=C(O)CSc1nnc(NC(=O)Cn2ccnn2)s1. The number of carbonyl (C=O) groups is 2. The Balaban J connectivity index is 1.85. The van der Waals surface area contributed by atoms with Gasteiger partial charge in [0.15, 0.2) is 4.34 Å². The Hall–Kier alpha value is -2.01. The lowest BCUT2D eigenvalue weighted by molar-refractivity contribution is -0.133. The third kappa shape index (κ3) is 4.30. The highest BCUT2D eigenvalue weighted by atomic mass is 32.2. The maximum Gasteiger partial charge on any atom is 0.313 e. The number of nitrogens with one attached hydrogen (secondary N) is 1. The summed E-state index contributed by atoms with van der Waals surface area (Å²) in [5.74, 6) is -1.34. The van der Waals surface area contributed by atoms with E-state index in [-0.39, 0.29) is 18.2 Å². The van der Waals surface area contributed by atoms with E-state index in [1.807, 2.05) is 0 Å². The second-order valence-corrected chi connectivity index (χ2v) is 5.40. The zero-order valence-corrected chi connectivity index (χ0v) is 11.0. The van der Waals surface area contributed by atoms with Gasteiger partial charge in [-0.15, -0.1) is 15.3 Å². The molecule has 100 valence electrons. The number of aromatic nitrogens is 5. The Bertz CT molecular complexity index is 569. The molecular formula is C8H8N6O3S2. The summed E-state index contributed by atoms with van der Waals surface area (Å²) in [5.41, 5.74) is 0. The molecular weight excluding hydrogens is 292 g/mol. The van der Waals surface area contributed by atoms with Gasteiger partial charge in [-0.25, -0.2) is 4.68 Å². The van der Waals surface area contributed by atoms with Gasteiger partial charge in [-0.1, -0.05) is 28.3 Å². The first-order valence-corrected chi connectivity index (χ1v) is 6.76. The number of aliphatic carboxylic acids is 1. The molecule has 0 saturated carbocycles. The van der Waals surface area contributed by atoms with Crippen LogP contribution in [0.5, 0.6) is 0 Å². The lowest BCUT2D eigenvalue weighted by atomic mass is 10.6. The number of thioether (sulfide) groups is 1. The minimum atomic E-state index is -0.933. The van der Waals surface area contributed by atoms with Crippen LogP contribution in [0.4, 0.5) is 5.13 Å². The Kier molecular flexibility index (Phi) is 4.41. The van der Waals surface area contributed by atoms with E-state index in [0.717, 1.165) is 23.1 Å². The van der Waals surface area contributed by atoms with Crippen LogP contribution in [0.15, 0.2) is 16.7 Å². The molecule has 9 nitrogen and oxygen atoms in total. The molecule has 0 atom stereocenters. The average Bonchev–Trinajstić information content (AvgIpc) is 2.98. The fraction of sp³-hybridized carbons (Fsp3) is 0.250. The van der Waals surface area contributed by atoms with Gasteiger partial charge < -0.3 is 5.11 Å². The van der Waals surface area contributed by atoms with Crippen molar-refractivity contribution >= 4 is 40.1 Å². The van der Waals surface area contributed by atoms with E-state index in [4.69, 9.17) is 5.11 Å². The summed E-state index contributed by atoms with van der Waals surface area (Å²) in [6.45, 7) is 0.0250. The number of anilines is 1. The van der Waals surface area contributed by atoms with Gasteiger partial charge in [0.1, 0.15) is 6.54 Å². The van der Waals surface area contributed by atoms with Crippen LogP contribution in [0.3, 0.4) is 0 Å². The van der Waals surface area contributed by atoms with Crippen LogP contribution in [0.1, 0.15) is 0 Å². The lowest BCUT2D eigenvalue weighted by Crippen LogP contribution is -2.19. The van der Waals surface area contributed by atoms with Crippen molar-refractivity contribution in [1.29, 1.82) is 0 Å². The van der Waals surface area contributed by atoms with Crippen molar-refractivity contribution in [3.8, 4) is 0 Å². The minimum Gasteiger partial charge on any atom is -0.481 e. The Morgan fingerprint density at radius 2 is 2.32 bits per heavy atom. The predicted octanol–water partition coefficient (Wildman–Crippen LogP) is -0.0550. The molecule has 0 aliphatic heterocycles. The van der Waals surface area contributed by atoms with E-state index in [1.165, 1.54) is 10.9 Å². The molecule has 2 aromatic heterocycles. The average molecular weight is 300 g/mol. The molecule has 1 amide bonds. The molecule has 2 N–H and O–H groups in total. The van der Waals surface area contributed by atoms with Gasteiger partial charge in [-0.2, -0.15) is 0 Å². The van der Waals surface area contributed by atoms with Gasteiger partial charge in [-0.05, 0) is 0 Å². The molecule has 0 aliphatic rings. The normalized spacial score (nSPS) is 10.3. The first-order chi connectivity index (χ1) is 9.13. The van der Waals surface area contributed by atoms with Crippen molar-refractivity contribution in [2.75, 3.05) is 11.1 Å². The Labute approximate surface area is 115 Å². The van der Waals surface area contributed by atoms with E-state index in [0.29, 0.717) is 9.47 Å². The predicted molar refractivity (Wildman–Crippen MR) is 66.9 cm³/mol. The molecule has 0 aromatic carbocycles. The number of hydrogen-bond acceptors (Lipinski definition) is 8. The standard InChI is InChI=1S/C8H8N6O3S2/c15-5(3-14-2-1-9-13-14)10-7-11-12-8(19-7)18-4-6(16)17/h1-2H,3-4H2,(H,16,17)(H,10,11,15). The number of amides is 1. The summed E-state index contributed by atoms with van der Waals surface area (Å²) < 4.78 is 1.86. The highest BCUT2D eigenvalue weighted by molar-refractivity contribution is 8.01. The summed E-state index contributed by atoms with van der Waals surface area (Å²) in [6, 6.07) is 0. The van der Waals surface area contributed by atoms with Crippen LogP contribution < -0.4 is 5.32 Å². The minimum absolute atomic E-state index is 0.0250. The van der Waals surface area contributed by atoms with E-state index in [2.05, 4.69) is 25.8 Å². The number of nitrogens with zero attached hydrogens (tertiary/aromatic N) is 5. The van der Waals surface area contributed by atoms with Gasteiger partial charge in [0.25, 0.3) is 0 Å². The number of hydrogen-bond donors (Lipinski definition) is 2. The third-order valence-corrected chi connectivity index (χ3v) is 3.71. The third-order valence-electron chi connectivity index (χ3n) is 1.75. The first kappa shape index (κ1) is 13.4. The smallest absolute Gasteiger partial charge is 0.313 e. The fourth-order valence-electron chi connectivity index (χ4n) is 1.07. The highest BCUT2D eigenvalue weighted by Crippen LogP contribution is 2.25.